The number of aromatic nitrogens is 2. The lowest BCUT2D eigenvalue weighted by molar-refractivity contribution is 0.631. The molecule has 0 atom stereocenters. The van der Waals surface area contributed by atoms with Gasteiger partial charge in [-0.2, -0.15) is 0 Å². The first-order valence-electron chi connectivity index (χ1n) is 10.9. The van der Waals surface area contributed by atoms with Gasteiger partial charge in [-0.1, -0.05) is 62.0 Å². The zero-order valence-corrected chi connectivity index (χ0v) is 19.8. The summed E-state index contributed by atoms with van der Waals surface area (Å²) in [4.78, 5) is 21.1. The second-order valence-electron chi connectivity index (χ2n) is 8.65. The third-order valence-corrected chi connectivity index (χ3v) is 8.02. The molecular weight excluding hydrogens is 420 g/mol. The van der Waals surface area contributed by atoms with Crippen molar-refractivity contribution in [2.75, 3.05) is 5.75 Å². The standard InChI is InChI=1S/C26H26N2OS2/c1-16(2)13-14-30-26-27-24-22(25(29)28(26)19-9-6-7-17(3)15-19)21-12-11-18-8-4-5-10-20(18)23(21)31-24/h4-10,15-16H,11-14H2,1-3H3. The van der Waals surface area contributed by atoms with Crippen LogP contribution in [0.25, 0.3) is 26.3 Å². The molecule has 31 heavy (non-hydrogen) atoms. The summed E-state index contributed by atoms with van der Waals surface area (Å²) in [6.07, 6.45) is 2.97. The smallest absolute Gasteiger partial charge is 0.267 e. The van der Waals surface area contributed by atoms with Gasteiger partial charge in [0.15, 0.2) is 5.16 Å². The van der Waals surface area contributed by atoms with E-state index in [4.69, 9.17) is 4.98 Å². The minimum atomic E-state index is 0.0690. The largest absolute Gasteiger partial charge is 0.268 e. The molecule has 2 heterocycles. The van der Waals surface area contributed by atoms with Crippen molar-refractivity contribution in [3.8, 4) is 16.1 Å². The van der Waals surface area contributed by atoms with Crippen LogP contribution in [-0.4, -0.2) is 15.3 Å². The average molecular weight is 447 g/mol. The summed E-state index contributed by atoms with van der Waals surface area (Å²) >= 11 is 3.37. The molecule has 0 saturated carbocycles. The minimum Gasteiger partial charge on any atom is -0.268 e. The number of thiophene rings is 1. The highest BCUT2D eigenvalue weighted by Crippen LogP contribution is 2.42. The second-order valence-corrected chi connectivity index (χ2v) is 10.7. The van der Waals surface area contributed by atoms with E-state index in [1.807, 2.05) is 16.7 Å². The number of fused-ring (bicyclic) bond motifs is 5. The van der Waals surface area contributed by atoms with Gasteiger partial charge < -0.3 is 0 Å². The van der Waals surface area contributed by atoms with Crippen LogP contribution >= 0.6 is 23.1 Å². The Morgan fingerprint density at radius 1 is 1.13 bits per heavy atom. The Bertz CT molecular complexity index is 1330. The molecule has 0 spiro atoms. The molecule has 0 saturated heterocycles. The summed E-state index contributed by atoms with van der Waals surface area (Å²) in [5, 5.41) is 1.61. The third kappa shape index (κ3) is 3.74. The van der Waals surface area contributed by atoms with E-state index in [1.54, 1.807) is 23.1 Å². The molecule has 0 amide bonds. The molecule has 0 bridgehead atoms. The van der Waals surface area contributed by atoms with Gasteiger partial charge in [0.05, 0.1) is 11.1 Å². The predicted octanol–water partition coefficient (Wildman–Crippen LogP) is 6.66. The van der Waals surface area contributed by atoms with Gasteiger partial charge >= 0.3 is 0 Å². The van der Waals surface area contributed by atoms with Gasteiger partial charge in [-0.15, -0.1) is 11.3 Å². The Morgan fingerprint density at radius 2 is 1.97 bits per heavy atom. The van der Waals surface area contributed by atoms with Crippen molar-refractivity contribution in [3.05, 3.63) is 75.6 Å². The van der Waals surface area contributed by atoms with E-state index in [1.165, 1.54) is 21.6 Å². The van der Waals surface area contributed by atoms with E-state index in [0.29, 0.717) is 5.92 Å². The van der Waals surface area contributed by atoms with Crippen LogP contribution in [0.4, 0.5) is 0 Å². The van der Waals surface area contributed by atoms with Crippen LogP contribution in [0.3, 0.4) is 0 Å². The molecule has 4 aromatic rings. The number of nitrogens with zero attached hydrogens (tertiary/aromatic N) is 2. The molecule has 2 aromatic heterocycles. The maximum absolute atomic E-state index is 13.9. The molecule has 5 heteroatoms. The Kier molecular flexibility index (Phi) is 5.49. The molecule has 5 rings (SSSR count). The van der Waals surface area contributed by atoms with Gasteiger partial charge in [-0.3, -0.25) is 9.36 Å². The molecule has 1 aliphatic rings. The first-order chi connectivity index (χ1) is 15.0. The van der Waals surface area contributed by atoms with Crippen LogP contribution < -0.4 is 5.56 Å². The topological polar surface area (TPSA) is 34.9 Å². The molecular formula is C26H26N2OS2. The Morgan fingerprint density at radius 3 is 2.77 bits per heavy atom. The fourth-order valence-electron chi connectivity index (χ4n) is 4.24. The molecule has 0 radical (unpaired) electrons. The van der Waals surface area contributed by atoms with E-state index in [0.717, 1.165) is 51.6 Å². The minimum absolute atomic E-state index is 0.0690. The lowest BCUT2D eigenvalue weighted by Gasteiger charge is -2.16. The summed E-state index contributed by atoms with van der Waals surface area (Å²) in [6, 6.07) is 16.7. The number of hydrogen-bond donors (Lipinski definition) is 0. The maximum Gasteiger partial charge on any atom is 0.267 e. The SMILES string of the molecule is Cc1cccc(-n2c(SCCC(C)C)nc3sc4c(c3c2=O)CCc2ccccc2-4)c1. The van der Waals surface area contributed by atoms with Gasteiger partial charge in [-0.05, 0) is 66.5 Å². The summed E-state index contributed by atoms with van der Waals surface area (Å²) in [5.41, 5.74) is 5.93. The number of aryl methyl sites for hydroxylation is 3. The second kappa shape index (κ2) is 8.29. The molecule has 1 aliphatic carbocycles. The zero-order valence-electron chi connectivity index (χ0n) is 18.1. The molecule has 0 unspecified atom stereocenters. The monoisotopic (exact) mass is 446 g/mol. The van der Waals surface area contributed by atoms with Crippen molar-refractivity contribution >= 4 is 33.3 Å². The summed E-state index contributed by atoms with van der Waals surface area (Å²) in [5.74, 6) is 1.58. The lowest BCUT2D eigenvalue weighted by atomic mass is 9.90. The van der Waals surface area contributed by atoms with E-state index < -0.39 is 0 Å². The van der Waals surface area contributed by atoms with E-state index in [9.17, 15) is 4.79 Å². The molecule has 3 nitrogen and oxygen atoms in total. The average Bonchev–Trinajstić information content (AvgIpc) is 3.13. The van der Waals surface area contributed by atoms with Gasteiger partial charge in [-0.25, -0.2) is 4.98 Å². The first kappa shape index (κ1) is 20.5. The number of rotatable bonds is 5. The van der Waals surface area contributed by atoms with E-state index in [2.05, 4.69) is 57.2 Å². The lowest BCUT2D eigenvalue weighted by Crippen LogP contribution is -2.22. The molecule has 0 aliphatic heterocycles. The number of hydrogen-bond acceptors (Lipinski definition) is 4. The van der Waals surface area contributed by atoms with Gasteiger partial charge in [0.1, 0.15) is 4.83 Å². The Hall–Kier alpha value is -2.37. The van der Waals surface area contributed by atoms with Crippen LogP contribution in [0.2, 0.25) is 0 Å². The van der Waals surface area contributed by atoms with Crippen molar-refractivity contribution in [2.45, 2.75) is 45.2 Å². The highest BCUT2D eigenvalue weighted by Gasteiger charge is 2.25. The van der Waals surface area contributed by atoms with Gasteiger partial charge in [0.2, 0.25) is 0 Å². The summed E-state index contributed by atoms with van der Waals surface area (Å²) < 4.78 is 1.84. The predicted molar refractivity (Wildman–Crippen MR) is 133 cm³/mol. The first-order valence-corrected chi connectivity index (χ1v) is 12.7. The van der Waals surface area contributed by atoms with Crippen LogP contribution in [0, 0.1) is 12.8 Å². The third-order valence-electron chi connectivity index (χ3n) is 5.89. The zero-order chi connectivity index (χ0) is 21.5. The van der Waals surface area contributed by atoms with Crippen molar-refractivity contribution < 1.29 is 0 Å². The van der Waals surface area contributed by atoms with Crippen molar-refractivity contribution in [1.82, 2.24) is 9.55 Å². The van der Waals surface area contributed by atoms with Crippen molar-refractivity contribution in [1.29, 1.82) is 0 Å². The molecule has 0 N–H and O–H groups in total. The van der Waals surface area contributed by atoms with E-state index >= 15 is 0 Å². The van der Waals surface area contributed by atoms with E-state index in [-0.39, 0.29) is 5.56 Å². The molecule has 0 fully saturated rings. The maximum atomic E-state index is 13.9. The van der Waals surface area contributed by atoms with Crippen LogP contribution in [-0.2, 0) is 12.8 Å². The fourth-order valence-corrected chi connectivity index (χ4v) is 6.82. The fraction of sp³-hybridized carbons (Fsp3) is 0.308. The van der Waals surface area contributed by atoms with Crippen molar-refractivity contribution in [2.24, 2.45) is 5.92 Å². The quantitative estimate of drug-likeness (QED) is 0.254. The summed E-state index contributed by atoms with van der Waals surface area (Å²) in [7, 11) is 0. The molecule has 2 aromatic carbocycles. The Labute approximate surface area is 191 Å². The van der Waals surface area contributed by atoms with Crippen LogP contribution in [0.5, 0.6) is 0 Å². The van der Waals surface area contributed by atoms with Crippen LogP contribution in [0.1, 0.15) is 37.0 Å². The number of benzene rings is 2. The number of thioether (sulfide) groups is 1. The van der Waals surface area contributed by atoms with Crippen molar-refractivity contribution in [3.63, 3.8) is 0 Å². The normalized spacial score (nSPS) is 12.9. The Balaban J connectivity index is 1.74. The van der Waals surface area contributed by atoms with Gasteiger partial charge in [0.25, 0.3) is 5.56 Å². The highest BCUT2D eigenvalue weighted by atomic mass is 32.2. The van der Waals surface area contributed by atoms with Crippen LogP contribution in [0.15, 0.2) is 58.5 Å². The highest BCUT2D eigenvalue weighted by molar-refractivity contribution is 7.99. The summed E-state index contributed by atoms with van der Waals surface area (Å²) in [6.45, 7) is 6.53. The molecule has 158 valence electrons. The van der Waals surface area contributed by atoms with Gasteiger partial charge in [0, 0.05) is 10.6 Å².